The molecule has 7 heteroatoms. The molecule has 100 valence electrons. The van der Waals surface area contributed by atoms with E-state index in [9.17, 15) is 13.2 Å². The molecule has 0 aromatic carbocycles. The molecule has 0 aliphatic carbocycles. The van der Waals surface area contributed by atoms with Crippen molar-refractivity contribution in [2.75, 3.05) is 12.4 Å². The fraction of sp³-hybridized carbons (Fsp3) is 0.900. The number of sulfonamides is 1. The number of hydrogen-bond acceptors (Lipinski definition) is 4. The highest BCUT2D eigenvalue weighted by Gasteiger charge is 2.30. The van der Waals surface area contributed by atoms with Crippen molar-refractivity contribution in [1.29, 1.82) is 0 Å². The van der Waals surface area contributed by atoms with Gasteiger partial charge in [-0.1, -0.05) is 13.8 Å². The molecule has 0 aromatic heterocycles. The molecule has 0 radical (unpaired) electrons. The minimum absolute atomic E-state index is 0.163. The lowest BCUT2D eigenvalue weighted by molar-refractivity contribution is -0.140. The minimum atomic E-state index is -3.61. The van der Waals surface area contributed by atoms with Gasteiger partial charge in [0.2, 0.25) is 10.0 Å². The number of carboxylic acid groups (broad SMARTS) is 1. The fourth-order valence-electron chi connectivity index (χ4n) is 1.73. The average molecular weight is 265 g/mol. The van der Waals surface area contributed by atoms with Gasteiger partial charge in [0, 0.05) is 6.61 Å². The average Bonchev–Trinajstić information content (AvgIpc) is 2.65. The second-order valence-electron chi connectivity index (χ2n) is 4.59. The third-order valence-electron chi connectivity index (χ3n) is 2.67. The first-order valence-corrected chi connectivity index (χ1v) is 7.31. The van der Waals surface area contributed by atoms with Crippen LogP contribution in [0.15, 0.2) is 0 Å². The van der Waals surface area contributed by atoms with Crippen molar-refractivity contribution < 1.29 is 23.1 Å². The van der Waals surface area contributed by atoms with Crippen LogP contribution >= 0.6 is 0 Å². The lowest BCUT2D eigenvalue weighted by Gasteiger charge is -2.19. The number of rotatable bonds is 6. The highest BCUT2D eigenvalue weighted by atomic mass is 32.2. The molecule has 1 rings (SSSR count). The van der Waals surface area contributed by atoms with Crippen LogP contribution in [0.3, 0.4) is 0 Å². The zero-order chi connectivity index (χ0) is 13.1. The van der Waals surface area contributed by atoms with Gasteiger partial charge >= 0.3 is 5.97 Å². The van der Waals surface area contributed by atoms with Crippen LogP contribution in [-0.4, -0.2) is 44.0 Å². The summed E-state index contributed by atoms with van der Waals surface area (Å²) in [7, 11) is -3.61. The molecule has 1 aliphatic rings. The third-order valence-corrected chi connectivity index (χ3v) is 4.09. The van der Waals surface area contributed by atoms with Crippen LogP contribution < -0.4 is 4.72 Å². The van der Waals surface area contributed by atoms with Crippen molar-refractivity contribution in [3.63, 3.8) is 0 Å². The summed E-state index contributed by atoms with van der Waals surface area (Å²) in [6.45, 7) is 3.90. The molecule has 1 saturated heterocycles. The Morgan fingerprint density at radius 1 is 1.53 bits per heavy atom. The Morgan fingerprint density at radius 2 is 2.18 bits per heavy atom. The van der Waals surface area contributed by atoms with Gasteiger partial charge in [0.05, 0.1) is 11.9 Å². The van der Waals surface area contributed by atoms with Gasteiger partial charge in [-0.3, -0.25) is 4.79 Å². The molecule has 1 aliphatic heterocycles. The first-order chi connectivity index (χ1) is 7.82. The summed E-state index contributed by atoms with van der Waals surface area (Å²) in [6, 6.07) is -1.08. The zero-order valence-electron chi connectivity index (χ0n) is 10.0. The number of nitrogens with one attached hydrogen (secondary N) is 1. The molecule has 0 amide bonds. The SMILES string of the molecule is CC(C)[C@@H](NS(=O)(=O)CC1CCCO1)C(=O)O. The number of carbonyl (C=O) groups is 1. The maximum atomic E-state index is 11.8. The molecule has 1 fully saturated rings. The molecular formula is C10H19NO5S. The van der Waals surface area contributed by atoms with Crippen LogP contribution in [0.2, 0.25) is 0 Å². The number of aliphatic carboxylic acids is 1. The van der Waals surface area contributed by atoms with Gasteiger partial charge in [-0.05, 0) is 18.8 Å². The molecule has 0 saturated carbocycles. The molecule has 2 atom stereocenters. The summed E-state index contributed by atoms with van der Waals surface area (Å²) in [4.78, 5) is 10.9. The second kappa shape index (κ2) is 5.79. The molecule has 1 heterocycles. The van der Waals surface area contributed by atoms with Gasteiger partial charge < -0.3 is 9.84 Å². The second-order valence-corrected chi connectivity index (χ2v) is 6.39. The van der Waals surface area contributed by atoms with Gasteiger partial charge in [0.1, 0.15) is 6.04 Å². The van der Waals surface area contributed by atoms with Crippen molar-refractivity contribution in [2.45, 2.75) is 38.8 Å². The summed E-state index contributed by atoms with van der Waals surface area (Å²) in [5, 5.41) is 8.91. The molecular weight excluding hydrogens is 246 g/mol. The van der Waals surface area contributed by atoms with E-state index in [0.29, 0.717) is 13.0 Å². The van der Waals surface area contributed by atoms with E-state index in [1.54, 1.807) is 13.8 Å². The van der Waals surface area contributed by atoms with E-state index in [-0.39, 0.29) is 17.8 Å². The predicted molar refractivity (Wildman–Crippen MR) is 62.2 cm³/mol. The van der Waals surface area contributed by atoms with Crippen molar-refractivity contribution in [2.24, 2.45) is 5.92 Å². The Balaban J connectivity index is 2.60. The molecule has 2 N–H and O–H groups in total. The van der Waals surface area contributed by atoms with E-state index in [2.05, 4.69) is 4.72 Å². The summed E-state index contributed by atoms with van der Waals surface area (Å²) >= 11 is 0. The molecule has 17 heavy (non-hydrogen) atoms. The van der Waals surface area contributed by atoms with Crippen molar-refractivity contribution in [1.82, 2.24) is 4.72 Å². The Kier molecular flexibility index (Phi) is 4.91. The third kappa shape index (κ3) is 4.61. The quantitative estimate of drug-likeness (QED) is 0.715. The van der Waals surface area contributed by atoms with Gasteiger partial charge in [0.25, 0.3) is 0 Å². The van der Waals surface area contributed by atoms with Gasteiger partial charge in [-0.15, -0.1) is 0 Å². The van der Waals surface area contributed by atoms with Crippen LogP contribution in [0.1, 0.15) is 26.7 Å². The summed E-state index contributed by atoms with van der Waals surface area (Å²) in [6.07, 6.45) is 1.25. The number of ether oxygens (including phenoxy) is 1. The standard InChI is InChI=1S/C10H19NO5S/c1-7(2)9(10(12)13)11-17(14,15)6-8-4-3-5-16-8/h7-9,11H,3-6H2,1-2H3,(H,12,13)/t8?,9-/m1/s1. The highest BCUT2D eigenvalue weighted by molar-refractivity contribution is 7.89. The molecule has 0 bridgehead atoms. The molecule has 0 spiro atoms. The lowest BCUT2D eigenvalue weighted by atomic mass is 10.1. The maximum Gasteiger partial charge on any atom is 0.321 e. The van der Waals surface area contributed by atoms with E-state index in [4.69, 9.17) is 9.84 Å². The van der Waals surface area contributed by atoms with Crippen LogP contribution in [-0.2, 0) is 19.6 Å². The highest BCUT2D eigenvalue weighted by Crippen LogP contribution is 2.14. The van der Waals surface area contributed by atoms with Crippen molar-refractivity contribution in [3.05, 3.63) is 0 Å². The van der Waals surface area contributed by atoms with E-state index in [1.165, 1.54) is 0 Å². The van der Waals surface area contributed by atoms with Crippen molar-refractivity contribution in [3.8, 4) is 0 Å². The molecule has 0 aromatic rings. The Bertz CT molecular complexity index is 359. The van der Waals surface area contributed by atoms with Crippen molar-refractivity contribution >= 4 is 16.0 Å². The van der Waals surface area contributed by atoms with Crippen LogP contribution in [0.4, 0.5) is 0 Å². The largest absolute Gasteiger partial charge is 0.480 e. The van der Waals surface area contributed by atoms with Crippen LogP contribution in [0.25, 0.3) is 0 Å². The van der Waals surface area contributed by atoms with Crippen LogP contribution in [0.5, 0.6) is 0 Å². The maximum absolute atomic E-state index is 11.8. The topological polar surface area (TPSA) is 92.7 Å². The summed E-state index contributed by atoms with van der Waals surface area (Å²) in [5.41, 5.74) is 0. The minimum Gasteiger partial charge on any atom is -0.480 e. The molecule has 1 unspecified atom stereocenters. The van der Waals surface area contributed by atoms with E-state index in [0.717, 1.165) is 6.42 Å². The normalized spacial score (nSPS) is 22.9. The zero-order valence-corrected chi connectivity index (χ0v) is 10.9. The Hall–Kier alpha value is -0.660. The van der Waals surface area contributed by atoms with Crippen LogP contribution in [0, 0.1) is 5.92 Å². The van der Waals surface area contributed by atoms with E-state index in [1.807, 2.05) is 0 Å². The van der Waals surface area contributed by atoms with E-state index >= 15 is 0 Å². The number of carboxylic acids is 1. The fourth-order valence-corrected chi connectivity index (χ4v) is 3.34. The smallest absolute Gasteiger partial charge is 0.321 e. The summed E-state index contributed by atoms with van der Waals surface area (Å²) in [5.74, 6) is -1.62. The van der Waals surface area contributed by atoms with E-state index < -0.39 is 22.0 Å². The number of hydrogen-bond donors (Lipinski definition) is 2. The van der Waals surface area contributed by atoms with Gasteiger partial charge in [0.15, 0.2) is 0 Å². The monoisotopic (exact) mass is 265 g/mol. The van der Waals surface area contributed by atoms with Gasteiger partial charge in [-0.25, -0.2) is 13.1 Å². The Labute approximate surface area is 101 Å². The predicted octanol–water partition coefficient (Wildman–Crippen LogP) is 0.194. The first kappa shape index (κ1) is 14.4. The lowest BCUT2D eigenvalue weighted by Crippen LogP contribution is -2.46. The van der Waals surface area contributed by atoms with Gasteiger partial charge in [-0.2, -0.15) is 0 Å². The molecule has 6 nitrogen and oxygen atoms in total. The first-order valence-electron chi connectivity index (χ1n) is 5.66. The summed E-state index contributed by atoms with van der Waals surface area (Å²) < 4.78 is 30.9. The Morgan fingerprint density at radius 3 is 2.59 bits per heavy atom.